The van der Waals surface area contributed by atoms with Crippen LogP contribution in [0.25, 0.3) is 0 Å². The lowest BCUT2D eigenvalue weighted by molar-refractivity contribution is 0.0951. The van der Waals surface area contributed by atoms with E-state index < -0.39 is 0 Å². The Kier molecular flexibility index (Phi) is 4.33. The predicted molar refractivity (Wildman–Crippen MR) is 74.0 cm³/mol. The molecule has 94 valence electrons. The van der Waals surface area contributed by atoms with E-state index in [4.69, 9.17) is 11.6 Å². The summed E-state index contributed by atoms with van der Waals surface area (Å²) in [6.07, 6.45) is 0. The van der Waals surface area contributed by atoms with Gasteiger partial charge in [0.15, 0.2) is 0 Å². The van der Waals surface area contributed by atoms with Gasteiger partial charge in [0.05, 0.1) is 17.7 Å². The summed E-state index contributed by atoms with van der Waals surface area (Å²) in [5.74, 6) is 0.381. The van der Waals surface area contributed by atoms with E-state index in [9.17, 15) is 4.79 Å². The Labute approximate surface area is 115 Å². The van der Waals surface area contributed by atoms with Crippen LogP contribution in [0.15, 0.2) is 29.8 Å². The summed E-state index contributed by atoms with van der Waals surface area (Å²) in [6, 6.07) is 7.29. The number of nitrogens with zero attached hydrogens (tertiary/aromatic N) is 1. The van der Waals surface area contributed by atoms with Crippen LogP contribution in [-0.2, 0) is 12.4 Å². The van der Waals surface area contributed by atoms with Gasteiger partial charge in [-0.25, -0.2) is 4.98 Å². The van der Waals surface area contributed by atoms with Crippen LogP contribution in [0.2, 0.25) is 0 Å². The van der Waals surface area contributed by atoms with Gasteiger partial charge < -0.3 is 5.32 Å². The molecule has 1 N–H and O–H groups in total. The maximum atomic E-state index is 11.9. The number of aromatic nitrogens is 1. The van der Waals surface area contributed by atoms with Gasteiger partial charge in [0.1, 0.15) is 0 Å². The number of carbonyl (C=O) groups excluding carboxylic acids is 1. The van der Waals surface area contributed by atoms with Crippen LogP contribution in [0.5, 0.6) is 0 Å². The van der Waals surface area contributed by atoms with Gasteiger partial charge in [-0.05, 0) is 24.6 Å². The first-order valence-electron chi connectivity index (χ1n) is 5.53. The maximum absolute atomic E-state index is 11.9. The molecule has 5 heteroatoms. The number of benzene rings is 1. The topological polar surface area (TPSA) is 42.0 Å². The molecule has 0 aliphatic rings. The number of hydrogen-bond donors (Lipinski definition) is 1. The second kappa shape index (κ2) is 5.98. The van der Waals surface area contributed by atoms with Crippen LogP contribution in [-0.4, -0.2) is 10.9 Å². The van der Waals surface area contributed by atoms with Gasteiger partial charge in [0.25, 0.3) is 5.91 Å². The highest BCUT2D eigenvalue weighted by Gasteiger charge is 2.07. The molecule has 2 rings (SSSR count). The molecule has 0 saturated carbocycles. The molecular weight excluding hydrogens is 268 g/mol. The minimum atomic E-state index is -0.0797. The fourth-order valence-corrected chi connectivity index (χ4v) is 2.40. The van der Waals surface area contributed by atoms with E-state index >= 15 is 0 Å². The van der Waals surface area contributed by atoms with Gasteiger partial charge in [-0.15, -0.1) is 22.9 Å². The summed E-state index contributed by atoms with van der Waals surface area (Å²) < 4.78 is 0. The number of halogens is 1. The molecule has 0 atom stereocenters. The molecule has 0 saturated heterocycles. The highest BCUT2D eigenvalue weighted by Crippen LogP contribution is 2.12. The van der Waals surface area contributed by atoms with Crippen molar-refractivity contribution < 1.29 is 4.79 Å². The van der Waals surface area contributed by atoms with Crippen LogP contribution < -0.4 is 5.32 Å². The minimum absolute atomic E-state index is 0.0797. The van der Waals surface area contributed by atoms with E-state index in [1.54, 1.807) is 29.0 Å². The maximum Gasteiger partial charge on any atom is 0.251 e. The summed E-state index contributed by atoms with van der Waals surface area (Å²) in [4.78, 5) is 17.1. The molecule has 0 unspecified atom stereocenters. The molecule has 18 heavy (non-hydrogen) atoms. The van der Waals surface area contributed by atoms with Crippen LogP contribution in [0.3, 0.4) is 0 Å². The van der Waals surface area contributed by atoms with Crippen molar-refractivity contribution in [3.63, 3.8) is 0 Å². The van der Waals surface area contributed by atoms with Crippen molar-refractivity contribution in [2.24, 2.45) is 0 Å². The minimum Gasteiger partial charge on any atom is -0.347 e. The third-order valence-corrected chi connectivity index (χ3v) is 3.87. The summed E-state index contributed by atoms with van der Waals surface area (Å²) in [6.45, 7) is 2.46. The molecule has 1 aromatic carbocycles. The molecular formula is C13H13ClN2OS. The third kappa shape index (κ3) is 3.09. The molecule has 0 aliphatic heterocycles. The Morgan fingerprint density at radius 3 is 2.67 bits per heavy atom. The first kappa shape index (κ1) is 13.1. The van der Waals surface area contributed by atoms with E-state index in [0.717, 1.165) is 16.1 Å². The van der Waals surface area contributed by atoms with Crippen molar-refractivity contribution in [1.29, 1.82) is 0 Å². The van der Waals surface area contributed by atoms with Crippen LogP contribution in [0.1, 0.15) is 26.5 Å². The van der Waals surface area contributed by atoms with Crippen molar-refractivity contribution in [2.45, 2.75) is 19.3 Å². The lowest BCUT2D eigenvalue weighted by Crippen LogP contribution is -2.22. The van der Waals surface area contributed by atoms with Crippen molar-refractivity contribution in [2.75, 3.05) is 0 Å². The van der Waals surface area contributed by atoms with Gasteiger partial charge in [-0.3, -0.25) is 4.79 Å². The number of amides is 1. The Balaban J connectivity index is 1.97. The van der Waals surface area contributed by atoms with E-state index in [0.29, 0.717) is 18.0 Å². The molecule has 0 aliphatic carbocycles. The lowest BCUT2D eigenvalue weighted by atomic mass is 10.1. The van der Waals surface area contributed by atoms with Gasteiger partial charge in [0.2, 0.25) is 0 Å². The van der Waals surface area contributed by atoms with Gasteiger partial charge in [0, 0.05) is 16.3 Å². The number of rotatable bonds is 4. The Hall–Kier alpha value is -1.39. The quantitative estimate of drug-likeness (QED) is 0.875. The Morgan fingerprint density at radius 1 is 1.39 bits per heavy atom. The molecule has 1 heterocycles. The van der Waals surface area contributed by atoms with Gasteiger partial charge >= 0.3 is 0 Å². The number of hydrogen-bond acceptors (Lipinski definition) is 3. The average Bonchev–Trinajstić information content (AvgIpc) is 2.81. The first-order valence-corrected chi connectivity index (χ1v) is 6.94. The van der Waals surface area contributed by atoms with E-state index in [2.05, 4.69) is 10.3 Å². The Bertz CT molecular complexity index is 536. The highest BCUT2D eigenvalue weighted by molar-refractivity contribution is 7.09. The fourth-order valence-electron chi connectivity index (χ4n) is 1.50. The molecule has 0 bridgehead atoms. The van der Waals surface area contributed by atoms with E-state index in [1.165, 1.54) is 0 Å². The van der Waals surface area contributed by atoms with Crippen LogP contribution in [0.4, 0.5) is 0 Å². The van der Waals surface area contributed by atoms with Crippen molar-refractivity contribution in [3.8, 4) is 0 Å². The third-order valence-electron chi connectivity index (χ3n) is 2.62. The van der Waals surface area contributed by atoms with Crippen molar-refractivity contribution >= 4 is 28.8 Å². The standard InChI is InChI=1S/C13H13ClN2OS/c1-9-12(18-8-16-9)7-15-13(17)11-4-2-10(6-14)3-5-11/h2-5,8H,6-7H2,1H3,(H,15,17). The Morgan fingerprint density at radius 2 is 2.11 bits per heavy atom. The fraction of sp³-hybridized carbons (Fsp3) is 0.231. The van der Waals surface area contributed by atoms with E-state index in [1.807, 2.05) is 19.1 Å². The molecule has 0 radical (unpaired) electrons. The zero-order valence-corrected chi connectivity index (χ0v) is 11.5. The number of aryl methyl sites for hydroxylation is 1. The largest absolute Gasteiger partial charge is 0.347 e. The second-order valence-corrected chi connectivity index (χ2v) is 5.08. The lowest BCUT2D eigenvalue weighted by Gasteiger charge is -2.04. The van der Waals surface area contributed by atoms with Crippen LogP contribution >= 0.6 is 22.9 Å². The molecule has 0 fully saturated rings. The zero-order valence-electron chi connectivity index (χ0n) is 9.94. The SMILES string of the molecule is Cc1ncsc1CNC(=O)c1ccc(CCl)cc1. The zero-order chi connectivity index (χ0) is 13.0. The average molecular weight is 281 g/mol. The second-order valence-electron chi connectivity index (χ2n) is 3.87. The molecule has 0 spiro atoms. The number of alkyl halides is 1. The number of thiazole rings is 1. The molecule has 2 aromatic rings. The smallest absolute Gasteiger partial charge is 0.251 e. The number of carbonyl (C=O) groups is 1. The summed E-state index contributed by atoms with van der Waals surface area (Å²) in [7, 11) is 0. The van der Waals surface area contributed by atoms with Gasteiger partial charge in [-0.1, -0.05) is 12.1 Å². The summed E-state index contributed by atoms with van der Waals surface area (Å²) in [5.41, 5.74) is 4.40. The van der Waals surface area contributed by atoms with Gasteiger partial charge in [-0.2, -0.15) is 0 Å². The first-order chi connectivity index (χ1) is 8.70. The summed E-state index contributed by atoms with van der Waals surface area (Å²) >= 11 is 7.25. The van der Waals surface area contributed by atoms with Crippen molar-refractivity contribution in [3.05, 3.63) is 51.5 Å². The predicted octanol–water partition coefficient (Wildman–Crippen LogP) is 3.12. The molecule has 1 amide bonds. The normalized spacial score (nSPS) is 10.3. The van der Waals surface area contributed by atoms with Crippen LogP contribution in [0, 0.1) is 6.92 Å². The monoisotopic (exact) mass is 280 g/mol. The number of nitrogens with one attached hydrogen (secondary N) is 1. The molecule has 1 aromatic heterocycles. The highest BCUT2D eigenvalue weighted by atomic mass is 35.5. The molecule has 3 nitrogen and oxygen atoms in total. The van der Waals surface area contributed by atoms with E-state index in [-0.39, 0.29) is 5.91 Å². The summed E-state index contributed by atoms with van der Waals surface area (Å²) in [5, 5.41) is 2.88. The van der Waals surface area contributed by atoms with Crippen molar-refractivity contribution in [1.82, 2.24) is 10.3 Å².